The van der Waals surface area contributed by atoms with Crippen molar-refractivity contribution in [2.75, 3.05) is 37.7 Å². The third-order valence-corrected chi connectivity index (χ3v) is 9.02. The maximum absolute atomic E-state index is 9.06. The van der Waals surface area contributed by atoms with Crippen molar-refractivity contribution in [2.24, 2.45) is 0 Å². The summed E-state index contributed by atoms with van der Waals surface area (Å²) in [4.78, 5) is 5.07. The molecule has 0 radical (unpaired) electrons. The first-order valence-corrected chi connectivity index (χ1v) is 16.3. The number of hydrogen-bond donors (Lipinski definition) is 1. The molecule has 6 heteroatoms. The standard InChI is InChI=1S/C40H41N5O/c41-40-44(24-11-29-46-36-15-5-2-6-16-36)38-18-9-10-19-39(38)45(40)30-32-20-22-35(23-21-32)43-27-25-42(26-28-43)31-34-14-7-8-17-37(34)33-12-3-1-4-13-33/h1-10,12-23,41H,11,24-31H2. The fourth-order valence-corrected chi connectivity index (χ4v) is 6.57. The van der Waals surface area contributed by atoms with Gasteiger partial charge in [-0.2, -0.15) is 0 Å². The van der Waals surface area contributed by atoms with Crippen LogP contribution in [0.4, 0.5) is 5.69 Å². The average Bonchev–Trinajstić information content (AvgIpc) is 3.38. The number of para-hydroxylation sites is 3. The van der Waals surface area contributed by atoms with Crippen molar-refractivity contribution in [3.8, 4) is 16.9 Å². The topological polar surface area (TPSA) is 49.4 Å². The Bertz CT molecular complexity index is 1920. The van der Waals surface area contributed by atoms with Gasteiger partial charge in [-0.3, -0.25) is 10.3 Å². The van der Waals surface area contributed by atoms with Crippen LogP contribution in [0.15, 0.2) is 133 Å². The smallest absolute Gasteiger partial charge is 0.203 e. The summed E-state index contributed by atoms with van der Waals surface area (Å²) in [5.74, 6) is 0.885. The van der Waals surface area contributed by atoms with E-state index >= 15 is 0 Å². The van der Waals surface area contributed by atoms with E-state index in [0.29, 0.717) is 18.8 Å². The van der Waals surface area contributed by atoms with E-state index < -0.39 is 0 Å². The van der Waals surface area contributed by atoms with Gasteiger partial charge in [-0.25, -0.2) is 0 Å². The zero-order valence-corrected chi connectivity index (χ0v) is 26.3. The van der Waals surface area contributed by atoms with Crippen molar-refractivity contribution in [3.05, 3.63) is 150 Å². The lowest BCUT2D eigenvalue weighted by Crippen LogP contribution is -2.46. The van der Waals surface area contributed by atoms with Crippen LogP contribution in [0.2, 0.25) is 0 Å². The van der Waals surface area contributed by atoms with Crippen molar-refractivity contribution in [2.45, 2.75) is 26.1 Å². The molecular formula is C40H41N5O. The summed E-state index contributed by atoms with van der Waals surface area (Å²) in [5.41, 5.74) is 9.17. The number of aromatic nitrogens is 2. The third-order valence-electron chi connectivity index (χ3n) is 9.02. The maximum atomic E-state index is 9.06. The number of hydrogen-bond acceptors (Lipinski definition) is 4. The second kappa shape index (κ2) is 13.9. The minimum Gasteiger partial charge on any atom is -0.494 e. The number of anilines is 1. The predicted molar refractivity (Wildman–Crippen MR) is 187 cm³/mol. The largest absolute Gasteiger partial charge is 0.494 e. The predicted octanol–water partition coefficient (Wildman–Crippen LogP) is 7.43. The van der Waals surface area contributed by atoms with E-state index in [0.717, 1.165) is 62.5 Å². The SMILES string of the molecule is N=c1n(CCCOc2ccccc2)c2ccccc2n1Cc1ccc(N2CCN(Cc3ccccc3-c3ccccc3)CC2)cc1. The van der Waals surface area contributed by atoms with Crippen molar-refractivity contribution >= 4 is 16.7 Å². The molecule has 0 saturated carbocycles. The van der Waals surface area contributed by atoms with Crippen LogP contribution in [0, 0.1) is 5.41 Å². The Balaban J connectivity index is 0.973. The van der Waals surface area contributed by atoms with Gasteiger partial charge in [0, 0.05) is 45.0 Å². The van der Waals surface area contributed by atoms with Gasteiger partial charge >= 0.3 is 0 Å². The molecule has 0 atom stereocenters. The van der Waals surface area contributed by atoms with Gasteiger partial charge in [0.1, 0.15) is 5.75 Å². The highest BCUT2D eigenvalue weighted by atomic mass is 16.5. The minimum absolute atomic E-state index is 0.523. The monoisotopic (exact) mass is 607 g/mol. The van der Waals surface area contributed by atoms with E-state index in [9.17, 15) is 0 Å². The second-order valence-electron chi connectivity index (χ2n) is 12.0. The lowest BCUT2D eigenvalue weighted by atomic mass is 9.99. The molecule has 2 heterocycles. The highest BCUT2D eigenvalue weighted by Gasteiger charge is 2.19. The number of piperazine rings is 1. The highest BCUT2D eigenvalue weighted by molar-refractivity contribution is 5.76. The molecule has 1 aliphatic rings. The Morgan fingerprint density at radius 1 is 0.587 bits per heavy atom. The van der Waals surface area contributed by atoms with Crippen LogP contribution in [-0.2, 0) is 19.6 Å². The van der Waals surface area contributed by atoms with Gasteiger partial charge in [0.25, 0.3) is 0 Å². The molecule has 46 heavy (non-hydrogen) atoms. The number of aryl methyl sites for hydroxylation is 1. The summed E-state index contributed by atoms with van der Waals surface area (Å²) in [6.45, 7) is 7.10. The zero-order valence-electron chi connectivity index (χ0n) is 26.3. The van der Waals surface area contributed by atoms with E-state index in [1.807, 2.05) is 30.3 Å². The van der Waals surface area contributed by atoms with E-state index in [2.05, 4.69) is 122 Å². The molecule has 1 fully saturated rings. The van der Waals surface area contributed by atoms with Gasteiger partial charge in [-0.05, 0) is 65.1 Å². The number of nitrogens with zero attached hydrogens (tertiary/aromatic N) is 4. The lowest BCUT2D eigenvalue weighted by molar-refractivity contribution is 0.250. The average molecular weight is 608 g/mol. The lowest BCUT2D eigenvalue weighted by Gasteiger charge is -2.36. The molecule has 0 bridgehead atoms. The van der Waals surface area contributed by atoms with Gasteiger partial charge in [-0.15, -0.1) is 0 Å². The van der Waals surface area contributed by atoms with Crippen LogP contribution >= 0.6 is 0 Å². The second-order valence-corrected chi connectivity index (χ2v) is 12.0. The molecule has 0 aliphatic carbocycles. The molecule has 5 aromatic carbocycles. The van der Waals surface area contributed by atoms with Gasteiger partial charge in [-0.1, -0.05) is 97.1 Å². The Labute approximate surface area is 271 Å². The summed E-state index contributed by atoms with van der Waals surface area (Å²) in [6.07, 6.45) is 0.834. The van der Waals surface area contributed by atoms with Crippen molar-refractivity contribution in [1.29, 1.82) is 5.41 Å². The molecule has 1 aliphatic heterocycles. The molecule has 0 amide bonds. The highest BCUT2D eigenvalue weighted by Crippen LogP contribution is 2.26. The first-order valence-electron chi connectivity index (χ1n) is 16.3. The molecule has 1 saturated heterocycles. The van der Waals surface area contributed by atoms with Gasteiger partial charge in [0.15, 0.2) is 0 Å². The number of imidazole rings is 1. The van der Waals surface area contributed by atoms with E-state index in [1.165, 1.54) is 27.9 Å². The maximum Gasteiger partial charge on any atom is 0.203 e. The van der Waals surface area contributed by atoms with Gasteiger partial charge in [0.05, 0.1) is 24.2 Å². The molecular weight excluding hydrogens is 566 g/mol. The van der Waals surface area contributed by atoms with Crippen LogP contribution in [0.25, 0.3) is 22.2 Å². The summed E-state index contributed by atoms with van der Waals surface area (Å²) in [6, 6.07) is 46.7. The Kier molecular flexibility index (Phi) is 8.97. The molecule has 1 N–H and O–H groups in total. The van der Waals surface area contributed by atoms with Crippen LogP contribution < -0.4 is 15.3 Å². The fourth-order valence-electron chi connectivity index (χ4n) is 6.57. The molecule has 0 spiro atoms. The van der Waals surface area contributed by atoms with Crippen molar-refractivity contribution in [3.63, 3.8) is 0 Å². The quantitative estimate of drug-likeness (QED) is 0.156. The van der Waals surface area contributed by atoms with Crippen molar-refractivity contribution in [1.82, 2.24) is 14.0 Å². The molecule has 6 aromatic rings. The van der Waals surface area contributed by atoms with Gasteiger partial charge < -0.3 is 18.8 Å². The molecule has 1 aromatic heterocycles. The summed E-state index contributed by atoms with van der Waals surface area (Å²) in [5, 5.41) is 9.06. The molecule has 7 rings (SSSR count). The van der Waals surface area contributed by atoms with Gasteiger partial charge in [0.2, 0.25) is 5.62 Å². The summed E-state index contributed by atoms with van der Waals surface area (Å²) < 4.78 is 10.1. The summed E-state index contributed by atoms with van der Waals surface area (Å²) in [7, 11) is 0. The van der Waals surface area contributed by atoms with Crippen LogP contribution in [0.3, 0.4) is 0 Å². The Morgan fingerprint density at radius 2 is 1.22 bits per heavy atom. The number of ether oxygens (including phenoxy) is 1. The van der Waals surface area contributed by atoms with E-state index in [4.69, 9.17) is 10.1 Å². The number of benzene rings is 5. The number of fused-ring (bicyclic) bond motifs is 1. The normalized spacial score (nSPS) is 13.7. The summed E-state index contributed by atoms with van der Waals surface area (Å²) >= 11 is 0. The Morgan fingerprint density at radius 3 is 1.96 bits per heavy atom. The van der Waals surface area contributed by atoms with Crippen LogP contribution in [0.1, 0.15) is 17.5 Å². The van der Waals surface area contributed by atoms with Crippen LogP contribution in [0.5, 0.6) is 5.75 Å². The number of rotatable bonds is 11. The first-order chi connectivity index (χ1) is 22.7. The number of nitrogens with one attached hydrogen (secondary N) is 1. The van der Waals surface area contributed by atoms with Crippen LogP contribution in [-0.4, -0.2) is 46.8 Å². The Hall–Kier alpha value is -5.07. The zero-order chi connectivity index (χ0) is 31.1. The molecule has 0 unspecified atom stereocenters. The van der Waals surface area contributed by atoms with E-state index in [1.54, 1.807) is 0 Å². The van der Waals surface area contributed by atoms with E-state index in [-0.39, 0.29) is 0 Å². The molecule has 6 nitrogen and oxygen atoms in total. The molecule has 232 valence electrons. The third kappa shape index (κ3) is 6.63. The van der Waals surface area contributed by atoms with Crippen molar-refractivity contribution < 1.29 is 4.74 Å². The first kappa shape index (κ1) is 29.6. The minimum atomic E-state index is 0.523. The fraction of sp³-hybridized carbons (Fsp3) is 0.225.